The highest BCUT2D eigenvalue weighted by atomic mass is 16.6. The van der Waals surface area contributed by atoms with Gasteiger partial charge in [0.25, 0.3) is 0 Å². The van der Waals surface area contributed by atoms with Crippen LogP contribution >= 0.6 is 0 Å². The molecule has 0 aliphatic heterocycles. The highest BCUT2D eigenvalue weighted by molar-refractivity contribution is 4.36. The van der Waals surface area contributed by atoms with Crippen molar-refractivity contribution in [3.8, 4) is 0 Å². The third-order valence-electron chi connectivity index (χ3n) is 1.08. The summed E-state index contributed by atoms with van der Waals surface area (Å²) in [6.45, 7) is 4.08. The van der Waals surface area contributed by atoms with E-state index in [4.69, 9.17) is 14.6 Å². The SMILES string of the molecule is CNCCOCCOC(C)O. The molecule has 0 saturated heterocycles. The van der Waals surface area contributed by atoms with E-state index in [1.165, 1.54) is 0 Å². The van der Waals surface area contributed by atoms with E-state index in [0.29, 0.717) is 19.8 Å². The van der Waals surface area contributed by atoms with Crippen LogP contribution < -0.4 is 5.32 Å². The fourth-order valence-electron chi connectivity index (χ4n) is 0.554. The van der Waals surface area contributed by atoms with E-state index < -0.39 is 6.29 Å². The van der Waals surface area contributed by atoms with Gasteiger partial charge in [-0.1, -0.05) is 0 Å². The minimum atomic E-state index is -0.692. The fraction of sp³-hybridized carbons (Fsp3) is 1.00. The Bertz CT molecular complexity index is 78.1. The maximum absolute atomic E-state index is 8.66. The van der Waals surface area contributed by atoms with Gasteiger partial charge in [-0.15, -0.1) is 0 Å². The zero-order chi connectivity index (χ0) is 8.53. The van der Waals surface area contributed by atoms with Gasteiger partial charge in [0.15, 0.2) is 6.29 Å². The van der Waals surface area contributed by atoms with Crippen LogP contribution in [0.1, 0.15) is 6.92 Å². The molecular weight excluding hydrogens is 146 g/mol. The Morgan fingerprint density at radius 2 is 2.09 bits per heavy atom. The van der Waals surface area contributed by atoms with Gasteiger partial charge < -0.3 is 19.9 Å². The minimum absolute atomic E-state index is 0.446. The largest absolute Gasteiger partial charge is 0.378 e. The number of likely N-dealkylation sites (N-methyl/N-ethyl adjacent to an activating group) is 1. The molecule has 0 aliphatic carbocycles. The van der Waals surface area contributed by atoms with Crippen molar-refractivity contribution in [3.05, 3.63) is 0 Å². The van der Waals surface area contributed by atoms with E-state index in [0.717, 1.165) is 6.54 Å². The quantitative estimate of drug-likeness (QED) is 0.395. The topological polar surface area (TPSA) is 50.7 Å². The molecular formula is C7H17NO3. The van der Waals surface area contributed by atoms with Gasteiger partial charge in [-0.2, -0.15) is 0 Å². The summed E-state index contributed by atoms with van der Waals surface area (Å²) in [5.74, 6) is 0. The van der Waals surface area contributed by atoms with Crippen LogP contribution in [-0.4, -0.2) is 44.8 Å². The molecule has 0 fully saturated rings. The third-order valence-corrected chi connectivity index (χ3v) is 1.08. The first kappa shape index (κ1) is 10.8. The van der Waals surface area contributed by atoms with E-state index >= 15 is 0 Å². The van der Waals surface area contributed by atoms with Crippen LogP contribution in [0.3, 0.4) is 0 Å². The van der Waals surface area contributed by atoms with E-state index in [2.05, 4.69) is 5.32 Å². The summed E-state index contributed by atoms with van der Waals surface area (Å²) < 4.78 is 9.96. The molecule has 0 radical (unpaired) electrons. The molecule has 4 heteroatoms. The molecule has 0 rings (SSSR count). The molecule has 1 unspecified atom stereocenters. The smallest absolute Gasteiger partial charge is 0.151 e. The molecule has 0 bridgehead atoms. The van der Waals surface area contributed by atoms with Crippen molar-refractivity contribution in [2.24, 2.45) is 0 Å². The predicted molar refractivity (Wildman–Crippen MR) is 42.4 cm³/mol. The van der Waals surface area contributed by atoms with Crippen LogP contribution in [0.25, 0.3) is 0 Å². The molecule has 0 aromatic heterocycles. The Hall–Kier alpha value is -0.160. The Morgan fingerprint density at radius 3 is 2.64 bits per heavy atom. The molecule has 0 spiro atoms. The van der Waals surface area contributed by atoms with Gasteiger partial charge in [0.2, 0.25) is 0 Å². The average molecular weight is 163 g/mol. The molecule has 1 atom stereocenters. The van der Waals surface area contributed by atoms with Crippen molar-refractivity contribution >= 4 is 0 Å². The molecule has 0 aliphatic rings. The maximum atomic E-state index is 8.66. The number of rotatable bonds is 7. The van der Waals surface area contributed by atoms with Gasteiger partial charge in [0.05, 0.1) is 19.8 Å². The third kappa shape index (κ3) is 9.84. The average Bonchev–Trinajstić information content (AvgIpc) is 1.96. The lowest BCUT2D eigenvalue weighted by Gasteiger charge is -2.06. The van der Waals surface area contributed by atoms with Crippen molar-refractivity contribution in [1.82, 2.24) is 5.32 Å². The number of aliphatic hydroxyl groups is 1. The maximum Gasteiger partial charge on any atom is 0.151 e. The fourth-order valence-corrected chi connectivity index (χ4v) is 0.554. The molecule has 0 aromatic rings. The Balaban J connectivity index is 2.80. The highest BCUT2D eigenvalue weighted by Gasteiger charge is 1.93. The van der Waals surface area contributed by atoms with Crippen LogP contribution in [0.2, 0.25) is 0 Å². The summed E-state index contributed by atoms with van der Waals surface area (Å²) in [5.41, 5.74) is 0. The lowest BCUT2D eigenvalue weighted by molar-refractivity contribution is -0.0991. The van der Waals surface area contributed by atoms with Gasteiger partial charge >= 0.3 is 0 Å². The zero-order valence-electron chi connectivity index (χ0n) is 7.17. The lowest BCUT2D eigenvalue weighted by atomic mass is 10.6. The zero-order valence-corrected chi connectivity index (χ0v) is 7.17. The molecule has 2 N–H and O–H groups in total. The molecule has 0 heterocycles. The lowest BCUT2D eigenvalue weighted by Crippen LogP contribution is -2.17. The Labute approximate surface area is 67.5 Å². The first-order valence-corrected chi connectivity index (χ1v) is 3.79. The first-order chi connectivity index (χ1) is 5.27. The van der Waals surface area contributed by atoms with Crippen LogP contribution in [-0.2, 0) is 9.47 Å². The summed E-state index contributed by atoms with van der Waals surface area (Å²) in [4.78, 5) is 0. The van der Waals surface area contributed by atoms with Gasteiger partial charge in [-0.3, -0.25) is 0 Å². The Morgan fingerprint density at radius 1 is 1.36 bits per heavy atom. The molecule has 68 valence electrons. The van der Waals surface area contributed by atoms with E-state index in [9.17, 15) is 0 Å². The standard InChI is InChI=1S/C7H17NO3/c1-7(9)11-6-5-10-4-3-8-2/h7-9H,3-6H2,1-2H3. The normalized spacial score (nSPS) is 13.4. The monoisotopic (exact) mass is 163 g/mol. The van der Waals surface area contributed by atoms with Crippen molar-refractivity contribution < 1.29 is 14.6 Å². The second-order valence-electron chi connectivity index (χ2n) is 2.19. The van der Waals surface area contributed by atoms with Crippen molar-refractivity contribution in [1.29, 1.82) is 0 Å². The van der Waals surface area contributed by atoms with Crippen molar-refractivity contribution in [2.45, 2.75) is 13.2 Å². The predicted octanol–water partition coefficient (Wildman–Crippen LogP) is -0.423. The molecule has 11 heavy (non-hydrogen) atoms. The van der Waals surface area contributed by atoms with E-state index in [-0.39, 0.29) is 0 Å². The number of hydrogen-bond donors (Lipinski definition) is 2. The second kappa shape index (κ2) is 7.94. The van der Waals surface area contributed by atoms with Gasteiger partial charge in [0, 0.05) is 6.54 Å². The van der Waals surface area contributed by atoms with Gasteiger partial charge in [-0.05, 0) is 14.0 Å². The highest BCUT2D eigenvalue weighted by Crippen LogP contribution is 1.83. The summed E-state index contributed by atoms with van der Waals surface area (Å²) in [6.07, 6.45) is -0.692. The summed E-state index contributed by atoms with van der Waals surface area (Å²) >= 11 is 0. The summed E-state index contributed by atoms with van der Waals surface area (Å²) in [7, 11) is 1.87. The number of hydrogen-bond acceptors (Lipinski definition) is 4. The van der Waals surface area contributed by atoms with Crippen LogP contribution in [0, 0.1) is 0 Å². The molecule has 0 saturated carbocycles. The Kier molecular flexibility index (Phi) is 7.83. The van der Waals surface area contributed by atoms with Crippen LogP contribution in [0.5, 0.6) is 0 Å². The number of aliphatic hydroxyl groups excluding tert-OH is 1. The van der Waals surface area contributed by atoms with E-state index in [1.807, 2.05) is 7.05 Å². The summed E-state index contributed by atoms with van der Waals surface area (Å²) in [5, 5.41) is 11.6. The molecule has 4 nitrogen and oxygen atoms in total. The van der Waals surface area contributed by atoms with Gasteiger partial charge in [-0.25, -0.2) is 0 Å². The summed E-state index contributed by atoms with van der Waals surface area (Å²) in [6, 6.07) is 0. The van der Waals surface area contributed by atoms with Crippen LogP contribution in [0.4, 0.5) is 0 Å². The van der Waals surface area contributed by atoms with Crippen molar-refractivity contribution in [3.63, 3.8) is 0 Å². The second-order valence-corrected chi connectivity index (χ2v) is 2.19. The minimum Gasteiger partial charge on any atom is -0.378 e. The molecule has 0 aromatic carbocycles. The van der Waals surface area contributed by atoms with E-state index in [1.54, 1.807) is 6.92 Å². The number of nitrogens with one attached hydrogen (secondary N) is 1. The molecule has 0 amide bonds. The van der Waals surface area contributed by atoms with Crippen LogP contribution in [0.15, 0.2) is 0 Å². The van der Waals surface area contributed by atoms with Gasteiger partial charge in [0.1, 0.15) is 0 Å². The number of ether oxygens (including phenoxy) is 2. The first-order valence-electron chi connectivity index (χ1n) is 3.79. The van der Waals surface area contributed by atoms with Crippen molar-refractivity contribution in [2.75, 3.05) is 33.4 Å².